The Labute approximate surface area is 193 Å². The molecule has 0 unspecified atom stereocenters. The molecule has 0 bridgehead atoms. The number of rotatable bonds is 8. The van der Waals surface area contributed by atoms with Crippen molar-refractivity contribution in [2.45, 2.75) is 52.5 Å². The van der Waals surface area contributed by atoms with Gasteiger partial charge in [0.25, 0.3) is 0 Å². The van der Waals surface area contributed by atoms with Crippen molar-refractivity contribution in [2.75, 3.05) is 39.8 Å². The van der Waals surface area contributed by atoms with E-state index in [-0.39, 0.29) is 29.9 Å². The summed E-state index contributed by atoms with van der Waals surface area (Å²) in [5, 5.41) is 9.92. The number of amides is 1. The first-order chi connectivity index (χ1) is 13.5. The fourth-order valence-electron chi connectivity index (χ4n) is 3.69. The molecule has 164 valence electrons. The number of aliphatic imine (C=N–C) groups is 1. The van der Waals surface area contributed by atoms with E-state index in [1.54, 1.807) is 0 Å². The number of nitrogens with one attached hydrogen (secondary N) is 3. The van der Waals surface area contributed by atoms with Gasteiger partial charge in [-0.3, -0.25) is 14.7 Å². The van der Waals surface area contributed by atoms with E-state index in [0.717, 1.165) is 57.8 Å². The average Bonchev–Trinajstić information content (AvgIpc) is 2.66. The minimum absolute atomic E-state index is 0. The van der Waals surface area contributed by atoms with Gasteiger partial charge in [0, 0.05) is 39.3 Å². The number of benzene rings is 1. The van der Waals surface area contributed by atoms with E-state index in [2.05, 4.69) is 64.8 Å². The molecule has 3 N–H and O–H groups in total. The summed E-state index contributed by atoms with van der Waals surface area (Å²) >= 11 is 0. The molecule has 1 aromatic carbocycles. The van der Waals surface area contributed by atoms with E-state index in [4.69, 9.17) is 0 Å². The van der Waals surface area contributed by atoms with Crippen LogP contribution in [-0.4, -0.2) is 62.6 Å². The lowest BCUT2D eigenvalue weighted by molar-refractivity contribution is -0.122. The van der Waals surface area contributed by atoms with Crippen molar-refractivity contribution in [2.24, 2.45) is 4.99 Å². The third-order valence-electron chi connectivity index (χ3n) is 5.08. The van der Waals surface area contributed by atoms with Gasteiger partial charge < -0.3 is 16.0 Å². The van der Waals surface area contributed by atoms with Crippen molar-refractivity contribution in [3.05, 3.63) is 34.9 Å². The summed E-state index contributed by atoms with van der Waals surface area (Å²) in [7, 11) is 1.82. The largest absolute Gasteiger partial charge is 0.356 e. The quantitative estimate of drug-likeness (QED) is 0.283. The summed E-state index contributed by atoms with van der Waals surface area (Å²) in [4.78, 5) is 18.5. The zero-order chi connectivity index (χ0) is 20.4. The monoisotopic (exact) mass is 515 g/mol. The Bertz CT molecular complexity index is 636. The second-order valence-corrected chi connectivity index (χ2v) is 7.79. The van der Waals surface area contributed by atoms with Gasteiger partial charge in [0.1, 0.15) is 0 Å². The normalized spacial score (nSPS) is 15.5. The smallest absolute Gasteiger partial charge is 0.234 e. The van der Waals surface area contributed by atoms with Gasteiger partial charge in [0.2, 0.25) is 5.91 Å². The fourth-order valence-corrected chi connectivity index (χ4v) is 3.69. The van der Waals surface area contributed by atoms with Crippen LogP contribution < -0.4 is 16.0 Å². The van der Waals surface area contributed by atoms with Gasteiger partial charge in [0.05, 0.1) is 6.54 Å². The zero-order valence-corrected chi connectivity index (χ0v) is 20.7. The summed E-state index contributed by atoms with van der Waals surface area (Å²) < 4.78 is 0. The van der Waals surface area contributed by atoms with Gasteiger partial charge in [-0.2, -0.15) is 0 Å². The van der Waals surface area contributed by atoms with Crippen LogP contribution in [0.2, 0.25) is 0 Å². The number of halogens is 1. The van der Waals surface area contributed by atoms with Crippen molar-refractivity contribution < 1.29 is 4.79 Å². The van der Waals surface area contributed by atoms with Crippen LogP contribution in [-0.2, 0) is 11.2 Å². The summed E-state index contributed by atoms with van der Waals surface area (Å²) in [6.07, 6.45) is 4.01. The highest BCUT2D eigenvalue weighted by Crippen LogP contribution is 2.10. The van der Waals surface area contributed by atoms with Gasteiger partial charge in [-0.25, -0.2) is 0 Å². The van der Waals surface area contributed by atoms with Crippen molar-refractivity contribution in [1.82, 2.24) is 20.9 Å². The molecule has 0 saturated carbocycles. The Morgan fingerprint density at radius 1 is 1.10 bits per heavy atom. The molecule has 0 radical (unpaired) electrons. The van der Waals surface area contributed by atoms with Crippen molar-refractivity contribution in [3.63, 3.8) is 0 Å². The molecule has 1 aliphatic heterocycles. The predicted molar refractivity (Wildman–Crippen MR) is 132 cm³/mol. The molecule has 2 rings (SSSR count). The maximum atomic E-state index is 11.9. The van der Waals surface area contributed by atoms with Crippen LogP contribution in [0.1, 0.15) is 42.9 Å². The van der Waals surface area contributed by atoms with Crippen LogP contribution in [0.25, 0.3) is 0 Å². The van der Waals surface area contributed by atoms with Crippen LogP contribution in [0.5, 0.6) is 0 Å². The summed E-state index contributed by atoms with van der Waals surface area (Å²) in [6, 6.07) is 7.11. The lowest BCUT2D eigenvalue weighted by Crippen LogP contribution is -2.50. The Hall–Kier alpha value is -1.35. The molecule has 6 nitrogen and oxygen atoms in total. The molecule has 1 amide bonds. The molecule has 1 aromatic rings. The number of guanidine groups is 1. The van der Waals surface area contributed by atoms with E-state index in [9.17, 15) is 4.79 Å². The Balaban J connectivity index is 0.00000420. The number of nitrogens with zero attached hydrogens (tertiary/aromatic N) is 2. The Morgan fingerprint density at radius 3 is 2.34 bits per heavy atom. The number of carbonyl (C=O) groups is 1. The predicted octanol–water partition coefficient (Wildman–Crippen LogP) is 2.62. The molecule has 0 spiro atoms. The van der Waals surface area contributed by atoms with Crippen LogP contribution in [0.15, 0.2) is 23.2 Å². The van der Waals surface area contributed by atoms with Gasteiger partial charge in [-0.05, 0) is 45.1 Å². The Morgan fingerprint density at radius 2 is 1.76 bits per heavy atom. The van der Waals surface area contributed by atoms with E-state index in [0.29, 0.717) is 12.6 Å². The van der Waals surface area contributed by atoms with E-state index >= 15 is 0 Å². The number of piperidine rings is 1. The fraction of sp³-hybridized carbons (Fsp3) is 0.636. The first-order valence-corrected chi connectivity index (χ1v) is 10.5. The molecule has 7 heteroatoms. The SMILES string of the molecule is CCCNC(=O)CN1CCC(NC(=NC)NCCc2cc(C)cc(C)c2)CC1.I. The molecule has 0 atom stereocenters. The van der Waals surface area contributed by atoms with Crippen LogP contribution in [0.3, 0.4) is 0 Å². The van der Waals surface area contributed by atoms with Gasteiger partial charge in [-0.1, -0.05) is 36.2 Å². The second-order valence-electron chi connectivity index (χ2n) is 7.79. The van der Waals surface area contributed by atoms with E-state index < -0.39 is 0 Å². The van der Waals surface area contributed by atoms with Crippen LogP contribution >= 0.6 is 24.0 Å². The topological polar surface area (TPSA) is 68.8 Å². The number of aryl methyl sites for hydroxylation is 2. The first-order valence-electron chi connectivity index (χ1n) is 10.5. The molecule has 1 aliphatic rings. The highest BCUT2D eigenvalue weighted by Gasteiger charge is 2.21. The molecular formula is C22H38IN5O. The molecule has 0 aromatic heterocycles. The minimum atomic E-state index is 0. The molecule has 0 aliphatic carbocycles. The third-order valence-corrected chi connectivity index (χ3v) is 5.08. The zero-order valence-electron chi connectivity index (χ0n) is 18.4. The molecule has 1 heterocycles. The highest BCUT2D eigenvalue weighted by molar-refractivity contribution is 14.0. The third kappa shape index (κ3) is 9.80. The van der Waals surface area contributed by atoms with Gasteiger partial charge in [-0.15, -0.1) is 24.0 Å². The lowest BCUT2D eigenvalue weighted by atomic mass is 10.0. The first kappa shape index (κ1) is 25.7. The van der Waals surface area contributed by atoms with E-state index in [1.165, 1.54) is 16.7 Å². The van der Waals surface area contributed by atoms with Crippen molar-refractivity contribution in [3.8, 4) is 0 Å². The van der Waals surface area contributed by atoms with Crippen LogP contribution in [0, 0.1) is 13.8 Å². The molecule has 29 heavy (non-hydrogen) atoms. The lowest BCUT2D eigenvalue weighted by Gasteiger charge is -2.32. The summed E-state index contributed by atoms with van der Waals surface area (Å²) in [5.74, 6) is 1.00. The molecule has 1 saturated heterocycles. The van der Waals surface area contributed by atoms with Crippen molar-refractivity contribution >= 4 is 35.8 Å². The Kier molecular flexibility index (Phi) is 12.2. The van der Waals surface area contributed by atoms with Crippen LogP contribution in [0.4, 0.5) is 0 Å². The minimum Gasteiger partial charge on any atom is -0.356 e. The van der Waals surface area contributed by atoms with Gasteiger partial charge >= 0.3 is 0 Å². The van der Waals surface area contributed by atoms with Crippen molar-refractivity contribution in [1.29, 1.82) is 0 Å². The summed E-state index contributed by atoms with van der Waals surface area (Å²) in [5.41, 5.74) is 3.98. The second kappa shape index (κ2) is 13.8. The molecule has 1 fully saturated rings. The average molecular weight is 515 g/mol. The van der Waals surface area contributed by atoms with E-state index in [1.807, 2.05) is 7.05 Å². The number of hydrogen-bond acceptors (Lipinski definition) is 3. The maximum absolute atomic E-state index is 11.9. The maximum Gasteiger partial charge on any atom is 0.234 e. The number of likely N-dealkylation sites (tertiary alicyclic amines) is 1. The molecular weight excluding hydrogens is 477 g/mol. The standard InChI is InChI=1S/C22H37N5O.HI/c1-5-9-24-21(28)16-27-11-7-20(8-12-27)26-22(23-4)25-10-6-19-14-17(2)13-18(3)15-19;/h13-15,20H,5-12,16H2,1-4H3,(H,24,28)(H2,23,25,26);1H. The highest BCUT2D eigenvalue weighted by atomic mass is 127. The van der Waals surface area contributed by atoms with Gasteiger partial charge in [0.15, 0.2) is 5.96 Å². The number of carbonyl (C=O) groups excluding carboxylic acids is 1. The summed E-state index contributed by atoms with van der Waals surface area (Å²) in [6.45, 7) is 10.4. The number of hydrogen-bond donors (Lipinski definition) is 3.